The fourth-order valence-corrected chi connectivity index (χ4v) is 1.65. The molecule has 6 heteroatoms. The van der Waals surface area contributed by atoms with E-state index in [1.165, 1.54) is 0 Å². The van der Waals surface area contributed by atoms with Crippen LogP contribution in [0.25, 0.3) is 11.5 Å². The summed E-state index contributed by atoms with van der Waals surface area (Å²) >= 11 is 3.34. The summed E-state index contributed by atoms with van der Waals surface area (Å²) in [6.45, 7) is 0.368. The molecule has 0 saturated heterocycles. The van der Waals surface area contributed by atoms with E-state index in [0.29, 0.717) is 34.1 Å². The second-order valence-corrected chi connectivity index (χ2v) is 4.13. The monoisotopic (exact) mass is 294 g/mol. The molecule has 0 radical (unpaired) electrons. The zero-order chi connectivity index (χ0) is 12.3. The van der Waals surface area contributed by atoms with E-state index < -0.39 is 0 Å². The van der Waals surface area contributed by atoms with Gasteiger partial charge in [0.05, 0.1) is 16.8 Å². The van der Waals surface area contributed by atoms with Gasteiger partial charge in [-0.25, -0.2) is 9.97 Å². The van der Waals surface area contributed by atoms with Crippen molar-refractivity contribution in [2.75, 3.05) is 12.8 Å². The molecule has 0 saturated carbocycles. The number of halogens is 1. The van der Waals surface area contributed by atoms with Crippen LogP contribution in [0.2, 0.25) is 0 Å². The van der Waals surface area contributed by atoms with Crippen molar-refractivity contribution < 1.29 is 4.74 Å². The maximum absolute atomic E-state index is 5.81. The first-order chi connectivity index (χ1) is 8.22. The molecule has 0 aromatic carbocycles. The first-order valence-electron chi connectivity index (χ1n) is 4.94. The van der Waals surface area contributed by atoms with Gasteiger partial charge in [-0.05, 0) is 28.1 Å². The van der Waals surface area contributed by atoms with Crippen LogP contribution >= 0.6 is 15.9 Å². The van der Waals surface area contributed by atoms with E-state index in [-0.39, 0.29) is 0 Å². The molecule has 17 heavy (non-hydrogen) atoms. The summed E-state index contributed by atoms with van der Waals surface area (Å²) in [6, 6.07) is 5.54. The van der Waals surface area contributed by atoms with Gasteiger partial charge in [0.1, 0.15) is 11.5 Å². The number of nitrogens with zero attached hydrogens (tertiary/aromatic N) is 3. The molecule has 0 bridgehead atoms. The number of ether oxygens (including phenoxy) is 1. The van der Waals surface area contributed by atoms with Crippen molar-refractivity contribution in [1.29, 1.82) is 0 Å². The highest BCUT2D eigenvalue weighted by Crippen LogP contribution is 2.24. The maximum Gasteiger partial charge on any atom is 0.180 e. The summed E-state index contributed by atoms with van der Waals surface area (Å²) in [7, 11) is 1.60. The molecule has 5 nitrogen and oxygen atoms in total. The van der Waals surface area contributed by atoms with E-state index in [1.54, 1.807) is 13.3 Å². The molecule has 2 rings (SSSR count). The number of hydrogen-bond donors (Lipinski definition) is 1. The first kappa shape index (κ1) is 11.9. The van der Waals surface area contributed by atoms with Gasteiger partial charge in [-0.15, -0.1) is 0 Å². The minimum Gasteiger partial charge on any atom is -0.383 e. The topological polar surface area (TPSA) is 73.9 Å². The van der Waals surface area contributed by atoms with Crippen LogP contribution in [0.4, 0.5) is 5.82 Å². The average molecular weight is 295 g/mol. The Kier molecular flexibility index (Phi) is 3.65. The van der Waals surface area contributed by atoms with E-state index >= 15 is 0 Å². The average Bonchev–Trinajstić information content (AvgIpc) is 2.36. The van der Waals surface area contributed by atoms with Crippen molar-refractivity contribution in [3.8, 4) is 11.5 Å². The van der Waals surface area contributed by atoms with E-state index in [2.05, 4.69) is 30.9 Å². The SMILES string of the molecule is COCc1nc(-c2ccccn2)nc(N)c1Br. The van der Waals surface area contributed by atoms with Crippen LogP contribution in [0.15, 0.2) is 28.9 Å². The van der Waals surface area contributed by atoms with Gasteiger partial charge in [-0.1, -0.05) is 6.07 Å². The molecule has 0 aliphatic rings. The number of pyridine rings is 1. The molecule has 88 valence electrons. The van der Waals surface area contributed by atoms with Crippen LogP contribution in [0.3, 0.4) is 0 Å². The van der Waals surface area contributed by atoms with Crippen molar-refractivity contribution in [2.45, 2.75) is 6.61 Å². The second-order valence-electron chi connectivity index (χ2n) is 3.34. The van der Waals surface area contributed by atoms with Gasteiger partial charge in [-0.2, -0.15) is 0 Å². The summed E-state index contributed by atoms with van der Waals surface area (Å²) in [5, 5.41) is 0. The number of aromatic nitrogens is 3. The Morgan fingerprint density at radius 3 is 2.82 bits per heavy atom. The van der Waals surface area contributed by atoms with Crippen LogP contribution in [0.1, 0.15) is 5.69 Å². The van der Waals surface area contributed by atoms with Gasteiger partial charge in [0, 0.05) is 13.3 Å². The number of anilines is 1. The van der Waals surface area contributed by atoms with Gasteiger partial charge >= 0.3 is 0 Å². The fourth-order valence-electron chi connectivity index (χ4n) is 1.35. The number of rotatable bonds is 3. The number of nitrogen functional groups attached to an aromatic ring is 1. The Balaban J connectivity index is 2.49. The highest BCUT2D eigenvalue weighted by Gasteiger charge is 2.11. The molecule has 2 aromatic rings. The van der Waals surface area contributed by atoms with E-state index in [9.17, 15) is 0 Å². The zero-order valence-electron chi connectivity index (χ0n) is 9.22. The minimum absolute atomic E-state index is 0.368. The van der Waals surface area contributed by atoms with Gasteiger partial charge in [0.2, 0.25) is 0 Å². The predicted octanol–water partition coefficient (Wildman–Crippen LogP) is 2.03. The Hall–Kier alpha value is -1.53. The van der Waals surface area contributed by atoms with Crippen molar-refractivity contribution >= 4 is 21.7 Å². The third-order valence-electron chi connectivity index (χ3n) is 2.12. The lowest BCUT2D eigenvalue weighted by Gasteiger charge is -2.07. The molecule has 0 aliphatic heterocycles. The third kappa shape index (κ3) is 2.59. The minimum atomic E-state index is 0.368. The molecular formula is C11H11BrN4O. The Morgan fingerprint density at radius 1 is 1.35 bits per heavy atom. The van der Waals surface area contributed by atoms with Gasteiger partial charge in [0.15, 0.2) is 5.82 Å². The molecule has 0 fully saturated rings. The third-order valence-corrected chi connectivity index (χ3v) is 2.98. The Morgan fingerprint density at radius 2 is 2.18 bits per heavy atom. The molecule has 2 N–H and O–H groups in total. The zero-order valence-corrected chi connectivity index (χ0v) is 10.8. The van der Waals surface area contributed by atoms with E-state index in [4.69, 9.17) is 10.5 Å². The van der Waals surface area contributed by atoms with Crippen LogP contribution < -0.4 is 5.73 Å². The number of methoxy groups -OCH3 is 1. The standard InChI is InChI=1S/C11H11BrN4O/c1-17-6-8-9(12)10(13)16-11(15-8)7-4-2-3-5-14-7/h2-5H,6H2,1H3,(H2,13,15,16). The highest BCUT2D eigenvalue weighted by molar-refractivity contribution is 9.10. The van der Waals surface area contributed by atoms with Gasteiger partial charge < -0.3 is 10.5 Å². The van der Waals surface area contributed by atoms with E-state index in [0.717, 1.165) is 0 Å². The lowest BCUT2D eigenvalue weighted by molar-refractivity contribution is 0.181. The van der Waals surface area contributed by atoms with Crippen LogP contribution in [0.5, 0.6) is 0 Å². The molecule has 0 atom stereocenters. The number of hydrogen-bond acceptors (Lipinski definition) is 5. The summed E-state index contributed by atoms with van der Waals surface area (Å²) in [6.07, 6.45) is 1.69. The lowest BCUT2D eigenvalue weighted by Crippen LogP contribution is -2.04. The number of nitrogens with two attached hydrogens (primary N) is 1. The Bertz CT molecular complexity index is 518. The van der Waals surface area contributed by atoms with Crippen molar-refractivity contribution in [3.63, 3.8) is 0 Å². The molecule has 2 aromatic heterocycles. The normalized spacial score (nSPS) is 10.5. The smallest absolute Gasteiger partial charge is 0.180 e. The first-order valence-corrected chi connectivity index (χ1v) is 5.74. The molecular weight excluding hydrogens is 284 g/mol. The lowest BCUT2D eigenvalue weighted by atomic mass is 10.3. The van der Waals surface area contributed by atoms with Gasteiger partial charge in [0.25, 0.3) is 0 Å². The molecule has 0 unspecified atom stereocenters. The van der Waals surface area contributed by atoms with Crippen molar-refractivity contribution in [3.05, 3.63) is 34.6 Å². The molecule has 2 heterocycles. The predicted molar refractivity (Wildman–Crippen MR) is 68.1 cm³/mol. The second kappa shape index (κ2) is 5.20. The Labute approximate surface area is 107 Å². The fraction of sp³-hybridized carbons (Fsp3) is 0.182. The van der Waals surface area contributed by atoms with Crippen LogP contribution in [0, 0.1) is 0 Å². The van der Waals surface area contributed by atoms with Crippen LogP contribution in [-0.2, 0) is 11.3 Å². The largest absolute Gasteiger partial charge is 0.383 e. The maximum atomic E-state index is 5.81. The quantitative estimate of drug-likeness (QED) is 0.937. The summed E-state index contributed by atoms with van der Waals surface area (Å²) in [5.41, 5.74) is 7.20. The summed E-state index contributed by atoms with van der Waals surface area (Å²) in [5.74, 6) is 0.881. The summed E-state index contributed by atoms with van der Waals surface area (Å²) < 4.78 is 5.72. The van der Waals surface area contributed by atoms with E-state index in [1.807, 2.05) is 18.2 Å². The van der Waals surface area contributed by atoms with Crippen molar-refractivity contribution in [2.24, 2.45) is 0 Å². The van der Waals surface area contributed by atoms with Crippen molar-refractivity contribution in [1.82, 2.24) is 15.0 Å². The highest BCUT2D eigenvalue weighted by atomic mass is 79.9. The molecule has 0 spiro atoms. The van der Waals surface area contributed by atoms with Crippen LogP contribution in [-0.4, -0.2) is 22.1 Å². The van der Waals surface area contributed by atoms with Gasteiger partial charge in [-0.3, -0.25) is 4.98 Å². The molecule has 0 aliphatic carbocycles. The molecule has 0 amide bonds. The summed E-state index contributed by atoms with van der Waals surface area (Å²) in [4.78, 5) is 12.7.